The molecule has 0 amide bonds. The summed E-state index contributed by atoms with van der Waals surface area (Å²) >= 11 is 0. The van der Waals surface area contributed by atoms with E-state index in [2.05, 4.69) is 9.98 Å². The van der Waals surface area contributed by atoms with Gasteiger partial charge < -0.3 is 4.74 Å². The van der Waals surface area contributed by atoms with Crippen LogP contribution in [0.5, 0.6) is 5.75 Å². The van der Waals surface area contributed by atoms with Crippen molar-refractivity contribution in [2.45, 2.75) is 6.61 Å². The van der Waals surface area contributed by atoms with Gasteiger partial charge in [-0.2, -0.15) is 4.99 Å². The lowest BCUT2D eigenvalue weighted by Gasteiger charge is -2.05. The molecule has 0 N–H and O–H groups in total. The summed E-state index contributed by atoms with van der Waals surface area (Å²) in [7, 11) is 0. The SMILES string of the molecule is O=C=Nc1cccc(OCc2cccnc2)c1. The van der Waals surface area contributed by atoms with E-state index in [-0.39, 0.29) is 0 Å². The number of carbonyl (C=O) groups excluding carboxylic acids is 1. The molecule has 0 aliphatic rings. The summed E-state index contributed by atoms with van der Waals surface area (Å²) in [5, 5.41) is 0. The van der Waals surface area contributed by atoms with Crippen LogP contribution >= 0.6 is 0 Å². The lowest BCUT2D eigenvalue weighted by atomic mass is 10.3. The first-order valence-electron chi connectivity index (χ1n) is 5.08. The highest BCUT2D eigenvalue weighted by molar-refractivity contribution is 5.51. The fraction of sp³-hybridized carbons (Fsp3) is 0.0769. The monoisotopic (exact) mass is 226 g/mol. The fourth-order valence-corrected chi connectivity index (χ4v) is 1.35. The second kappa shape index (κ2) is 5.58. The fourth-order valence-electron chi connectivity index (χ4n) is 1.35. The van der Waals surface area contributed by atoms with Crippen LogP contribution in [0.1, 0.15) is 5.56 Å². The van der Waals surface area contributed by atoms with Crippen LogP contribution in [0, 0.1) is 0 Å². The average molecular weight is 226 g/mol. The molecule has 0 bridgehead atoms. The minimum Gasteiger partial charge on any atom is -0.489 e. The summed E-state index contributed by atoms with van der Waals surface area (Å²) in [6, 6.07) is 10.8. The number of ether oxygens (including phenoxy) is 1. The minimum atomic E-state index is 0.433. The third-order valence-electron chi connectivity index (χ3n) is 2.12. The molecule has 1 aromatic heterocycles. The molecule has 2 aromatic rings. The van der Waals surface area contributed by atoms with Crippen LogP contribution in [-0.2, 0) is 11.4 Å². The van der Waals surface area contributed by atoms with E-state index in [9.17, 15) is 4.79 Å². The van der Waals surface area contributed by atoms with Crippen molar-refractivity contribution in [3.05, 3.63) is 54.4 Å². The average Bonchev–Trinajstić information content (AvgIpc) is 2.39. The molecule has 0 saturated heterocycles. The van der Waals surface area contributed by atoms with Gasteiger partial charge in [-0.25, -0.2) is 4.79 Å². The summed E-state index contributed by atoms with van der Waals surface area (Å²) < 4.78 is 5.55. The zero-order chi connectivity index (χ0) is 11.9. The Balaban J connectivity index is 2.04. The third kappa shape index (κ3) is 3.26. The van der Waals surface area contributed by atoms with Gasteiger partial charge in [-0.3, -0.25) is 4.98 Å². The van der Waals surface area contributed by atoms with E-state index in [1.54, 1.807) is 36.7 Å². The first kappa shape index (κ1) is 11.0. The third-order valence-corrected chi connectivity index (χ3v) is 2.12. The second-order valence-electron chi connectivity index (χ2n) is 3.35. The van der Waals surface area contributed by atoms with Crippen molar-refractivity contribution in [3.8, 4) is 5.75 Å². The number of benzene rings is 1. The number of isocyanates is 1. The number of nitrogens with zero attached hydrogens (tertiary/aromatic N) is 2. The Morgan fingerprint density at radius 3 is 3.00 bits per heavy atom. The van der Waals surface area contributed by atoms with Crippen molar-refractivity contribution in [3.63, 3.8) is 0 Å². The molecule has 1 heterocycles. The van der Waals surface area contributed by atoms with Crippen LogP contribution in [0.2, 0.25) is 0 Å². The summed E-state index contributed by atoms with van der Waals surface area (Å²) in [6.45, 7) is 0.433. The molecule has 0 saturated carbocycles. The number of pyridine rings is 1. The van der Waals surface area contributed by atoms with Gasteiger partial charge in [0.2, 0.25) is 6.08 Å². The summed E-state index contributed by atoms with van der Waals surface area (Å²) in [5.74, 6) is 0.658. The van der Waals surface area contributed by atoms with Gasteiger partial charge in [0.1, 0.15) is 12.4 Å². The van der Waals surface area contributed by atoms with Gasteiger partial charge in [-0.05, 0) is 18.2 Å². The van der Waals surface area contributed by atoms with Crippen molar-refractivity contribution < 1.29 is 9.53 Å². The van der Waals surface area contributed by atoms with Crippen LogP contribution in [0.25, 0.3) is 0 Å². The zero-order valence-corrected chi connectivity index (χ0v) is 9.04. The van der Waals surface area contributed by atoms with Crippen molar-refractivity contribution in [2.24, 2.45) is 4.99 Å². The molecule has 4 heteroatoms. The Morgan fingerprint density at radius 1 is 1.29 bits per heavy atom. The number of rotatable bonds is 4. The predicted molar refractivity (Wildman–Crippen MR) is 62.8 cm³/mol. The van der Waals surface area contributed by atoms with Crippen molar-refractivity contribution in [1.29, 1.82) is 0 Å². The topological polar surface area (TPSA) is 51.5 Å². The van der Waals surface area contributed by atoms with E-state index in [0.29, 0.717) is 18.0 Å². The molecule has 84 valence electrons. The Morgan fingerprint density at radius 2 is 2.24 bits per heavy atom. The van der Waals surface area contributed by atoms with Gasteiger partial charge in [0.25, 0.3) is 0 Å². The lowest BCUT2D eigenvalue weighted by molar-refractivity contribution is 0.306. The molecule has 0 radical (unpaired) electrons. The summed E-state index contributed by atoms with van der Waals surface area (Å²) in [4.78, 5) is 17.6. The van der Waals surface area contributed by atoms with Crippen LogP contribution in [-0.4, -0.2) is 11.1 Å². The maximum absolute atomic E-state index is 10.1. The predicted octanol–water partition coefficient (Wildman–Crippen LogP) is 2.63. The molecule has 1 aromatic carbocycles. The molecule has 0 spiro atoms. The number of aliphatic imine (C=N–C) groups is 1. The largest absolute Gasteiger partial charge is 0.489 e. The summed E-state index contributed by atoms with van der Waals surface area (Å²) in [6.07, 6.45) is 4.95. The van der Waals surface area contributed by atoms with Gasteiger partial charge in [-0.1, -0.05) is 12.1 Å². The van der Waals surface area contributed by atoms with E-state index in [1.807, 2.05) is 12.1 Å². The van der Waals surface area contributed by atoms with Crippen molar-refractivity contribution in [1.82, 2.24) is 4.98 Å². The summed E-state index contributed by atoms with van der Waals surface area (Å²) in [5.41, 5.74) is 1.51. The van der Waals surface area contributed by atoms with Gasteiger partial charge in [0.05, 0.1) is 5.69 Å². The number of hydrogen-bond acceptors (Lipinski definition) is 4. The standard InChI is InChI=1S/C13H10N2O2/c16-10-15-12-4-1-5-13(7-12)17-9-11-3-2-6-14-8-11/h1-8H,9H2. The van der Waals surface area contributed by atoms with E-state index in [0.717, 1.165) is 5.56 Å². The quantitative estimate of drug-likeness (QED) is 0.594. The molecule has 17 heavy (non-hydrogen) atoms. The van der Waals surface area contributed by atoms with E-state index in [4.69, 9.17) is 4.74 Å². The Labute approximate surface area is 98.6 Å². The highest BCUT2D eigenvalue weighted by atomic mass is 16.5. The first-order chi connectivity index (χ1) is 8.38. The second-order valence-corrected chi connectivity index (χ2v) is 3.35. The minimum absolute atomic E-state index is 0.433. The van der Waals surface area contributed by atoms with Crippen molar-refractivity contribution in [2.75, 3.05) is 0 Å². The smallest absolute Gasteiger partial charge is 0.240 e. The highest BCUT2D eigenvalue weighted by Gasteiger charge is 1.97. The Bertz CT molecular complexity index is 534. The van der Waals surface area contributed by atoms with Crippen LogP contribution in [0.3, 0.4) is 0 Å². The Kier molecular flexibility index (Phi) is 3.63. The molecular weight excluding hydrogens is 216 g/mol. The van der Waals surface area contributed by atoms with Gasteiger partial charge in [0.15, 0.2) is 0 Å². The normalized spacial score (nSPS) is 9.41. The maximum Gasteiger partial charge on any atom is 0.240 e. The van der Waals surface area contributed by atoms with Crippen LogP contribution in [0.4, 0.5) is 5.69 Å². The van der Waals surface area contributed by atoms with Gasteiger partial charge in [0, 0.05) is 24.0 Å². The van der Waals surface area contributed by atoms with Gasteiger partial charge >= 0.3 is 0 Å². The molecule has 0 unspecified atom stereocenters. The molecule has 0 fully saturated rings. The molecule has 0 aliphatic carbocycles. The van der Waals surface area contributed by atoms with Crippen LogP contribution in [0.15, 0.2) is 53.8 Å². The van der Waals surface area contributed by atoms with E-state index < -0.39 is 0 Å². The van der Waals surface area contributed by atoms with Crippen LogP contribution < -0.4 is 4.74 Å². The molecule has 0 aliphatic heterocycles. The van der Waals surface area contributed by atoms with E-state index in [1.165, 1.54) is 6.08 Å². The number of hydrogen-bond donors (Lipinski definition) is 0. The first-order valence-corrected chi connectivity index (χ1v) is 5.08. The molecule has 0 atom stereocenters. The molecule has 2 rings (SSSR count). The molecule has 4 nitrogen and oxygen atoms in total. The van der Waals surface area contributed by atoms with Crippen molar-refractivity contribution >= 4 is 11.8 Å². The highest BCUT2D eigenvalue weighted by Crippen LogP contribution is 2.20. The maximum atomic E-state index is 10.1. The zero-order valence-electron chi connectivity index (χ0n) is 9.04. The Hall–Kier alpha value is -2.45. The molecular formula is C13H10N2O2. The van der Waals surface area contributed by atoms with E-state index >= 15 is 0 Å². The number of aromatic nitrogens is 1. The van der Waals surface area contributed by atoms with Gasteiger partial charge in [-0.15, -0.1) is 0 Å². The lowest BCUT2D eigenvalue weighted by Crippen LogP contribution is -1.95.